The molecule has 5 nitrogen and oxygen atoms in total. The van der Waals surface area contributed by atoms with Crippen molar-refractivity contribution in [3.8, 4) is 16.9 Å². The summed E-state index contributed by atoms with van der Waals surface area (Å²) in [6.07, 6.45) is 3.22. The Morgan fingerprint density at radius 2 is 1.49 bits per heavy atom. The highest BCUT2D eigenvalue weighted by Gasteiger charge is 2.20. The molecule has 0 aliphatic rings. The van der Waals surface area contributed by atoms with Crippen molar-refractivity contribution in [2.75, 3.05) is 6.61 Å². The largest absolute Gasteiger partial charge is 0.493 e. The predicted octanol–water partition coefficient (Wildman–Crippen LogP) is 7.18. The van der Waals surface area contributed by atoms with Gasteiger partial charge in [0.2, 0.25) is 0 Å². The summed E-state index contributed by atoms with van der Waals surface area (Å²) >= 11 is 0. The lowest BCUT2D eigenvalue weighted by Gasteiger charge is -2.10. The van der Waals surface area contributed by atoms with E-state index in [4.69, 9.17) is 4.74 Å². The number of nitrogens with one attached hydrogen (secondary N) is 2. The molecule has 5 heteroatoms. The number of aryl methyl sites for hydroxylation is 1. The van der Waals surface area contributed by atoms with E-state index in [2.05, 4.69) is 40.3 Å². The van der Waals surface area contributed by atoms with E-state index in [1.165, 1.54) is 0 Å². The van der Waals surface area contributed by atoms with Gasteiger partial charge >= 0.3 is 5.97 Å². The Kier molecular flexibility index (Phi) is 5.23. The van der Waals surface area contributed by atoms with Gasteiger partial charge in [-0.3, -0.25) is 0 Å². The van der Waals surface area contributed by atoms with E-state index in [1.807, 2.05) is 60.8 Å². The van der Waals surface area contributed by atoms with Crippen molar-refractivity contribution in [1.82, 2.24) is 9.97 Å². The number of aromatic amines is 2. The van der Waals surface area contributed by atoms with Gasteiger partial charge in [-0.2, -0.15) is 0 Å². The third-order valence-electron chi connectivity index (χ3n) is 6.61. The zero-order valence-electron chi connectivity index (χ0n) is 19.0. The van der Waals surface area contributed by atoms with Crippen LogP contribution < -0.4 is 4.74 Å². The Labute approximate surface area is 202 Å². The van der Waals surface area contributed by atoms with Crippen LogP contribution in [0.5, 0.6) is 5.75 Å². The molecule has 0 aliphatic carbocycles. The average Bonchev–Trinajstić information content (AvgIpc) is 3.51. The van der Waals surface area contributed by atoms with Crippen LogP contribution in [0.15, 0.2) is 91.1 Å². The highest BCUT2D eigenvalue weighted by atomic mass is 16.5. The fourth-order valence-corrected chi connectivity index (χ4v) is 5.00. The SMILES string of the molecule is O=C(O)c1[nH]c2c(-c3cccc4cc[nH]c34)cccc2c1CCCOc1cccc2ccccc12. The number of benzene rings is 4. The van der Waals surface area contributed by atoms with Crippen molar-refractivity contribution in [3.05, 3.63) is 102 Å². The number of aromatic nitrogens is 2. The van der Waals surface area contributed by atoms with Gasteiger partial charge in [0.25, 0.3) is 0 Å². The maximum atomic E-state index is 12.1. The summed E-state index contributed by atoms with van der Waals surface area (Å²) in [5, 5.41) is 14.2. The molecule has 3 N–H and O–H groups in total. The predicted molar refractivity (Wildman–Crippen MR) is 140 cm³/mol. The average molecular weight is 461 g/mol. The molecule has 0 atom stereocenters. The summed E-state index contributed by atoms with van der Waals surface area (Å²) in [6, 6.07) is 28.4. The number of carbonyl (C=O) groups is 1. The molecule has 2 heterocycles. The van der Waals surface area contributed by atoms with Crippen molar-refractivity contribution in [2.24, 2.45) is 0 Å². The van der Waals surface area contributed by atoms with Gasteiger partial charge in [-0.25, -0.2) is 4.79 Å². The lowest BCUT2D eigenvalue weighted by Crippen LogP contribution is -2.04. The van der Waals surface area contributed by atoms with E-state index < -0.39 is 5.97 Å². The number of H-pyrrole nitrogens is 2. The molecular formula is C30H24N2O3. The van der Waals surface area contributed by atoms with Crippen LogP contribution in [0.2, 0.25) is 0 Å². The molecule has 4 aromatic carbocycles. The van der Waals surface area contributed by atoms with Gasteiger partial charge in [0.15, 0.2) is 0 Å². The minimum Gasteiger partial charge on any atom is -0.493 e. The van der Waals surface area contributed by atoms with Crippen LogP contribution in [-0.2, 0) is 6.42 Å². The van der Waals surface area contributed by atoms with Gasteiger partial charge in [-0.05, 0) is 41.3 Å². The van der Waals surface area contributed by atoms with Crippen LogP contribution in [-0.4, -0.2) is 27.7 Å². The van der Waals surface area contributed by atoms with Crippen LogP contribution in [0.4, 0.5) is 0 Å². The molecular weight excluding hydrogens is 436 g/mol. The lowest BCUT2D eigenvalue weighted by molar-refractivity contribution is 0.0690. The molecule has 0 fully saturated rings. The molecule has 2 aromatic heterocycles. The first kappa shape index (κ1) is 21.1. The second-order valence-electron chi connectivity index (χ2n) is 8.69. The summed E-state index contributed by atoms with van der Waals surface area (Å²) in [5.41, 5.74) is 4.97. The first-order valence-corrected chi connectivity index (χ1v) is 11.7. The zero-order valence-corrected chi connectivity index (χ0v) is 19.0. The summed E-state index contributed by atoms with van der Waals surface area (Å²) in [6.45, 7) is 0.501. The molecule has 172 valence electrons. The van der Waals surface area contributed by atoms with E-state index in [-0.39, 0.29) is 5.69 Å². The van der Waals surface area contributed by atoms with Gasteiger partial charge in [0.1, 0.15) is 11.4 Å². The maximum absolute atomic E-state index is 12.1. The zero-order chi connectivity index (χ0) is 23.8. The quantitative estimate of drug-likeness (QED) is 0.221. The van der Waals surface area contributed by atoms with Crippen LogP contribution in [0.25, 0.3) is 43.7 Å². The van der Waals surface area contributed by atoms with Gasteiger partial charge in [-0.15, -0.1) is 0 Å². The van der Waals surface area contributed by atoms with E-state index in [0.29, 0.717) is 19.4 Å². The fourth-order valence-electron chi connectivity index (χ4n) is 5.00. The Bertz CT molecular complexity index is 1690. The molecule has 35 heavy (non-hydrogen) atoms. The topological polar surface area (TPSA) is 78.1 Å². The summed E-state index contributed by atoms with van der Waals surface area (Å²) in [4.78, 5) is 18.7. The lowest BCUT2D eigenvalue weighted by atomic mass is 9.98. The standard InChI is InChI=1S/C30H24N2O3/c33-30(34)29-25(14-6-18-35-26-15-4-8-19-7-1-2-10-21(19)26)24-13-5-12-23(28(24)32-29)22-11-3-9-20-16-17-31-27(20)22/h1-5,7-13,15-17,31-32H,6,14,18H2,(H,33,34). The van der Waals surface area contributed by atoms with Crippen molar-refractivity contribution < 1.29 is 14.6 Å². The molecule has 6 rings (SSSR count). The Morgan fingerprint density at radius 1 is 0.771 bits per heavy atom. The summed E-state index contributed by atoms with van der Waals surface area (Å²) in [7, 11) is 0. The molecule has 0 aliphatic heterocycles. The van der Waals surface area contributed by atoms with Crippen molar-refractivity contribution in [3.63, 3.8) is 0 Å². The minimum atomic E-state index is -0.949. The molecule has 6 aromatic rings. The fraction of sp³-hybridized carbons (Fsp3) is 0.100. The maximum Gasteiger partial charge on any atom is 0.352 e. The van der Waals surface area contributed by atoms with Crippen molar-refractivity contribution in [2.45, 2.75) is 12.8 Å². The van der Waals surface area contributed by atoms with Gasteiger partial charge < -0.3 is 19.8 Å². The number of ether oxygens (including phenoxy) is 1. The number of fused-ring (bicyclic) bond motifs is 3. The van der Waals surface area contributed by atoms with Gasteiger partial charge in [0, 0.05) is 28.1 Å². The van der Waals surface area contributed by atoms with Gasteiger partial charge in [-0.1, -0.05) is 72.8 Å². The number of carboxylic acid groups (broad SMARTS) is 1. The smallest absolute Gasteiger partial charge is 0.352 e. The minimum absolute atomic E-state index is 0.247. The first-order chi connectivity index (χ1) is 17.2. The second-order valence-corrected chi connectivity index (χ2v) is 8.69. The number of hydrogen-bond donors (Lipinski definition) is 3. The number of carboxylic acids is 1. The van der Waals surface area contributed by atoms with Crippen LogP contribution >= 0.6 is 0 Å². The van der Waals surface area contributed by atoms with E-state index in [9.17, 15) is 9.90 Å². The van der Waals surface area contributed by atoms with E-state index >= 15 is 0 Å². The van der Waals surface area contributed by atoms with Crippen LogP contribution in [0.1, 0.15) is 22.5 Å². The third kappa shape index (κ3) is 3.71. The highest BCUT2D eigenvalue weighted by Crippen LogP contribution is 2.35. The number of hydrogen-bond acceptors (Lipinski definition) is 2. The second kappa shape index (κ2) is 8.69. The highest BCUT2D eigenvalue weighted by molar-refractivity contribution is 6.06. The van der Waals surface area contributed by atoms with E-state index in [1.54, 1.807) is 0 Å². The number of aromatic carboxylic acids is 1. The normalized spacial score (nSPS) is 11.4. The van der Waals surface area contributed by atoms with E-state index in [0.717, 1.165) is 55.0 Å². The van der Waals surface area contributed by atoms with Crippen molar-refractivity contribution in [1.29, 1.82) is 0 Å². The monoisotopic (exact) mass is 460 g/mol. The molecule has 0 spiro atoms. The first-order valence-electron chi connectivity index (χ1n) is 11.7. The molecule has 0 saturated carbocycles. The van der Waals surface area contributed by atoms with Crippen LogP contribution in [0, 0.1) is 0 Å². The molecule has 0 amide bonds. The third-order valence-corrected chi connectivity index (χ3v) is 6.61. The van der Waals surface area contributed by atoms with Gasteiger partial charge in [0.05, 0.1) is 17.6 Å². The van der Waals surface area contributed by atoms with Crippen molar-refractivity contribution >= 4 is 38.5 Å². The Balaban J connectivity index is 1.31. The molecule has 0 unspecified atom stereocenters. The summed E-state index contributed by atoms with van der Waals surface area (Å²) in [5.74, 6) is -0.1000. The van der Waals surface area contributed by atoms with Crippen LogP contribution in [0.3, 0.4) is 0 Å². The molecule has 0 radical (unpaired) electrons. The number of rotatable bonds is 7. The molecule has 0 bridgehead atoms. The molecule has 0 saturated heterocycles. The Hall–Kier alpha value is -4.51. The number of para-hydroxylation sites is 2. The Morgan fingerprint density at radius 3 is 2.37 bits per heavy atom. The summed E-state index contributed by atoms with van der Waals surface area (Å²) < 4.78 is 6.10.